The van der Waals surface area contributed by atoms with Crippen LogP contribution in [0, 0.1) is 0 Å². The number of benzene rings is 2. The minimum absolute atomic E-state index is 0.179. The van der Waals surface area contributed by atoms with Crippen molar-refractivity contribution in [3.05, 3.63) is 59.8 Å². The Morgan fingerprint density at radius 1 is 1.21 bits per heavy atom. The predicted molar refractivity (Wildman–Crippen MR) is 111 cm³/mol. The monoisotopic (exact) mass is 379 g/mol. The molecule has 2 aromatic carbocycles. The summed E-state index contributed by atoms with van der Waals surface area (Å²) in [5.41, 5.74) is 16.1. The molecule has 7 nitrogen and oxygen atoms in total. The fourth-order valence-electron chi connectivity index (χ4n) is 2.97. The number of nitrogens with one attached hydrogen (secondary N) is 1. The molecule has 3 rings (SSSR count). The Morgan fingerprint density at radius 2 is 1.96 bits per heavy atom. The average Bonchev–Trinajstić information content (AvgIpc) is 3.05. The van der Waals surface area contributed by atoms with E-state index in [4.69, 9.17) is 16.2 Å². The molecule has 0 saturated carbocycles. The van der Waals surface area contributed by atoms with E-state index in [-0.39, 0.29) is 5.91 Å². The van der Waals surface area contributed by atoms with Gasteiger partial charge in [-0.1, -0.05) is 19.1 Å². The second kappa shape index (κ2) is 8.58. The third kappa shape index (κ3) is 4.15. The molecule has 0 aliphatic heterocycles. The van der Waals surface area contributed by atoms with Crippen LogP contribution in [0.4, 0.5) is 11.4 Å². The molecule has 0 radical (unpaired) electrons. The van der Waals surface area contributed by atoms with E-state index in [1.54, 1.807) is 30.1 Å². The molecular weight excluding hydrogens is 354 g/mol. The van der Waals surface area contributed by atoms with Gasteiger partial charge in [0.2, 0.25) is 0 Å². The van der Waals surface area contributed by atoms with Crippen LogP contribution in [-0.4, -0.2) is 28.8 Å². The molecule has 0 saturated heterocycles. The van der Waals surface area contributed by atoms with Crippen LogP contribution in [0.1, 0.15) is 22.8 Å². The Bertz CT molecular complexity index is 944. The van der Waals surface area contributed by atoms with Crippen LogP contribution in [0.15, 0.2) is 48.7 Å². The van der Waals surface area contributed by atoms with Crippen LogP contribution in [0.5, 0.6) is 5.75 Å². The van der Waals surface area contributed by atoms with Gasteiger partial charge in [-0.15, -0.1) is 0 Å². The lowest BCUT2D eigenvalue weighted by Gasteiger charge is -2.14. The normalized spacial score (nSPS) is 10.7. The van der Waals surface area contributed by atoms with Crippen molar-refractivity contribution in [3.63, 3.8) is 0 Å². The lowest BCUT2D eigenvalue weighted by molar-refractivity contribution is 0.102. The van der Waals surface area contributed by atoms with Gasteiger partial charge in [0.1, 0.15) is 12.4 Å². The Labute approximate surface area is 164 Å². The number of carbonyl (C=O) groups is 1. The Morgan fingerprint density at radius 3 is 2.57 bits per heavy atom. The van der Waals surface area contributed by atoms with Gasteiger partial charge in [0.05, 0.1) is 17.6 Å². The molecule has 146 valence electrons. The highest BCUT2D eigenvalue weighted by atomic mass is 16.5. The van der Waals surface area contributed by atoms with Crippen LogP contribution in [0.2, 0.25) is 0 Å². The summed E-state index contributed by atoms with van der Waals surface area (Å²) in [5.74, 6) is 0.452. The molecule has 0 aliphatic carbocycles. The zero-order valence-corrected chi connectivity index (χ0v) is 16.1. The Hall–Kier alpha value is -3.32. The zero-order valence-electron chi connectivity index (χ0n) is 16.1. The maximum Gasteiger partial charge on any atom is 0.255 e. The molecule has 1 heterocycles. The highest BCUT2D eigenvalue weighted by molar-refractivity contribution is 6.04. The quantitative estimate of drug-likeness (QED) is 0.585. The van der Waals surface area contributed by atoms with E-state index in [9.17, 15) is 4.79 Å². The number of nitrogens with zero attached hydrogens (tertiary/aromatic N) is 2. The highest BCUT2D eigenvalue weighted by Gasteiger charge is 2.16. The van der Waals surface area contributed by atoms with Gasteiger partial charge in [-0.25, -0.2) is 0 Å². The summed E-state index contributed by atoms with van der Waals surface area (Å²) < 4.78 is 7.43. The van der Waals surface area contributed by atoms with Crippen LogP contribution in [0.25, 0.3) is 11.3 Å². The molecule has 0 atom stereocenters. The van der Waals surface area contributed by atoms with E-state index in [1.165, 1.54) is 5.56 Å². The second-order valence-electron chi connectivity index (χ2n) is 6.42. The van der Waals surface area contributed by atoms with Gasteiger partial charge < -0.3 is 21.5 Å². The molecule has 28 heavy (non-hydrogen) atoms. The van der Waals surface area contributed by atoms with E-state index in [1.807, 2.05) is 30.3 Å². The van der Waals surface area contributed by atoms with Crippen LogP contribution >= 0.6 is 0 Å². The van der Waals surface area contributed by atoms with E-state index in [2.05, 4.69) is 17.3 Å². The third-order valence-corrected chi connectivity index (χ3v) is 4.46. The molecule has 3 aromatic rings. The number of carbonyl (C=O) groups excluding carboxylic acids is 1. The number of hydrogen-bond donors (Lipinski definition) is 3. The van der Waals surface area contributed by atoms with E-state index < -0.39 is 0 Å². The minimum atomic E-state index is -0.179. The van der Waals surface area contributed by atoms with Crippen molar-refractivity contribution in [3.8, 4) is 17.0 Å². The van der Waals surface area contributed by atoms with Crippen molar-refractivity contribution < 1.29 is 9.53 Å². The molecule has 0 spiro atoms. The number of aromatic nitrogens is 2. The van der Waals surface area contributed by atoms with Crippen molar-refractivity contribution >= 4 is 17.3 Å². The number of amides is 1. The average molecular weight is 379 g/mol. The molecule has 0 unspecified atom stereocenters. The molecule has 5 N–H and O–H groups in total. The SMILES string of the molecule is CCc1ccc(C(=O)Nc2ccc(OCCN)c(-c3c(N)cnn3C)c2)cc1. The molecule has 1 amide bonds. The number of hydrogen-bond acceptors (Lipinski definition) is 5. The summed E-state index contributed by atoms with van der Waals surface area (Å²) in [5, 5.41) is 7.12. The minimum Gasteiger partial charge on any atom is -0.492 e. The lowest BCUT2D eigenvalue weighted by atomic mass is 10.1. The molecule has 1 aromatic heterocycles. The molecule has 0 aliphatic rings. The number of nitrogen functional groups attached to an aromatic ring is 1. The summed E-state index contributed by atoms with van der Waals surface area (Å²) in [7, 11) is 1.80. The number of nitrogens with two attached hydrogens (primary N) is 2. The van der Waals surface area contributed by atoms with Crippen molar-refractivity contribution in [2.45, 2.75) is 13.3 Å². The van der Waals surface area contributed by atoms with Gasteiger partial charge in [0, 0.05) is 30.4 Å². The first-order valence-corrected chi connectivity index (χ1v) is 9.18. The van der Waals surface area contributed by atoms with Crippen molar-refractivity contribution in [2.24, 2.45) is 12.8 Å². The molecule has 0 fully saturated rings. The van der Waals surface area contributed by atoms with Gasteiger partial charge in [0.25, 0.3) is 5.91 Å². The largest absolute Gasteiger partial charge is 0.492 e. The smallest absolute Gasteiger partial charge is 0.255 e. The Kier molecular flexibility index (Phi) is 5.96. The predicted octanol–water partition coefficient (Wildman–Crippen LogP) is 2.82. The fraction of sp³-hybridized carbons (Fsp3) is 0.238. The first kappa shape index (κ1) is 19.4. The summed E-state index contributed by atoms with van der Waals surface area (Å²) in [6.07, 6.45) is 2.52. The lowest BCUT2D eigenvalue weighted by Crippen LogP contribution is -2.13. The van der Waals surface area contributed by atoms with Crippen LogP contribution in [-0.2, 0) is 13.5 Å². The number of anilines is 2. The van der Waals surface area contributed by atoms with Crippen molar-refractivity contribution in [1.29, 1.82) is 0 Å². The molecule has 0 bridgehead atoms. The number of ether oxygens (including phenoxy) is 1. The molecular formula is C21H25N5O2. The second-order valence-corrected chi connectivity index (χ2v) is 6.42. The van der Waals surface area contributed by atoms with Gasteiger partial charge in [0.15, 0.2) is 0 Å². The van der Waals surface area contributed by atoms with Crippen molar-refractivity contribution in [1.82, 2.24) is 9.78 Å². The van der Waals surface area contributed by atoms with Gasteiger partial charge in [-0.2, -0.15) is 5.10 Å². The third-order valence-electron chi connectivity index (χ3n) is 4.46. The summed E-state index contributed by atoms with van der Waals surface area (Å²) in [6.45, 7) is 2.85. The fourth-order valence-corrected chi connectivity index (χ4v) is 2.97. The summed E-state index contributed by atoms with van der Waals surface area (Å²) in [4.78, 5) is 12.6. The van der Waals surface area contributed by atoms with Gasteiger partial charge >= 0.3 is 0 Å². The maximum atomic E-state index is 12.6. The molecule has 7 heteroatoms. The summed E-state index contributed by atoms with van der Waals surface area (Å²) in [6, 6.07) is 13.0. The van der Waals surface area contributed by atoms with Crippen molar-refractivity contribution in [2.75, 3.05) is 24.2 Å². The maximum absolute atomic E-state index is 12.6. The topological polar surface area (TPSA) is 108 Å². The van der Waals surface area contributed by atoms with Gasteiger partial charge in [-0.3, -0.25) is 9.48 Å². The van der Waals surface area contributed by atoms with E-state index in [0.717, 1.165) is 17.7 Å². The standard InChI is InChI=1S/C21H25N5O2/c1-3-14-4-6-15(7-5-14)21(27)25-16-8-9-19(28-11-10-22)17(12-16)20-18(23)13-24-26(20)2/h4-9,12-13H,3,10-11,22-23H2,1-2H3,(H,25,27). The van der Waals surface area contributed by atoms with Crippen LogP contribution in [0.3, 0.4) is 0 Å². The van der Waals surface area contributed by atoms with Gasteiger partial charge in [-0.05, 0) is 42.3 Å². The number of rotatable bonds is 7. The van der Waals surface area contributed by atoms with E-state index >= 15 is 0 Å². The zero-order chi connectivity index (χ0) is 20.1. The first-order valence-electron chi connectivity index (χ1n) is 9.18. The Balaban J connectivity index is 1.91. The first-order chi connectivity index (χ1) is 13.5. The van der Waals surface area contributed by atoms with E-state index in [0.29, 0.717) is 35.8 Å². The summed E-state index contributed by atoms with van der Waals surface area (Å²) >= 11 is 0. The highest BCUT2D eigenvalue weighted by Crippen LogP contribution is 2.35. The van der Waals surface area contributed by atoms with Crippen LogP contribution < -0.4 is 21.5 Å². The number of aryl methyl sites for hydroxylation is 2.